The van der Waals surface area contributed by atoms with Crippen LogP contribution in [0.2, 0.25) is 10.0 Å². The molecule has 3 rings (SSSR count). The first kappa shape index (κ1) is 17.8. The molecule has 1 aliphatic carbocycles. The molecule has 0 unspecified atom stereocenters. The zero-order valence-electron chi connectivity index (χ0n) is 13.8. The molecule has 1 amide bonds. The van der Waals surface area contributed by atoms with Gasteiger partial charge in [-0.3, -0.25) is 4.79 Å². The predicted octanol–water partition coefficient (Wildman–Crippen LogP) is 3.75. The third-order valence-corrected chi connectivity index (χ3v) is 5.67. The smallest absolute Gasteiger partial charge is 0.223 e. The Balaban J connectivity index is 1.34. The molecular weight excluding hydrogens is 347 g/mol. The average Bonchev–Trinajstić information content (AvgIpc) is 2.51. The Kier molecular flexibility index (Phi) is 6.25. The molecule has 4 nitrogen and oxygen atoms in total. The predicted molar refractivity (Wildman–Crippen MR) is 96.9 cm³/mol. The van der Waals surface area contributed by atoms with Gasteiger partial charge in [0.05, 0.1) is 10.0 Å². The molecule has 132 valence electrons. The number of piperidine rings is 1. The second-order valence-corrected chi connectivity index (χ2v) is 7.47. The lowest BCUT2D eigenvalue weighted by atomic mass is 9.85. The monoisotopic (exact) mass is 370 g/mol. The Bertz CT molecular complexity index is 570. The lowest BCUT2D eigenvalue weighted by Crippen LogP contribution is -2.43. The van der Waals surface area contributed by atoms with Crippen molar-refractivity contribution in [2.24, 2.45) is 5.92 Å². The number of likely N-dealkylation sites (tertiary alicyclic amines) is 1. The number of ether oxygens (including phenoxy) is 1. The zero-order chi connectivity index (χ0) is 16.9. The fourth-order valence-corrected chi connectivity index (χ4v) is 3.43. The molecule has 1 aliphatic heterocycles. The van der Waals surface area contributed by atoms with Crippen LogP contribution in [0, 0.1) is 5.92 Å². The van der Waals surface area contributed by atoms with Gasteiger partial charge in [-0.15, -0.1) is 0 Å². The van der Waals surface area contributed by atoms with E-state index in [0.717, 1.165) is 57.6 Å². The van der Waals surface area contributed by atoms with Gasteiger partial charge in [0.25, 0.3) is 0 Å². The highest BCUT2D eigenvalue weighted by Crippen LogP contribution is 2.28. The second-order valence-electron chi connectivity index (χ2n) is 6.65. The summed E-state index contributed by atoms with van der Waals surface area (Å²) < 4.78 is 6.00. The van der Waals surface area contributed by atoms with Gasteiger partial charge < -0.3 is 15.0 Å². The molecule has 0 bridgehead atoms. The van der Waals surface area contributed by atoms with E-state index < -0.39 is 0 Å². The molecule has 2 aliphatic rings. The first-order valence-corrected chi connectivity index (χ1v) is 9.49. The van der Waals surface area contributed by atoms with Crippen molar-refractivity contribution in [1.82, 2.24) is 10.2 Å². The largest absolute Gasteiger partial charge is 0.490 e. The van der Waals surface area contributed by atoms with E-state index in [0.29, 0.717) is 10.0 Å². The number of benzene rings is 1. The van der Waals surface area contributed by atoms with Crippen molar-refractivity contribution in [1.29, 1.82) is 0 Å². The summed E-state index contributed by atoms with van der Waals surface area (Å²) in [6.07, 6.45) is 5.49. The molecule has 0 aromatic heterocycles. The minimum atomic E-state index is 0.211. The van der Waals surface area contributed by atoms with Crippen molar-refractivity contribution in [2.45, 2.75) is 38.2 Å². The van der Waals surface area contributed by atoms with Crippen molar-refractivity contribution in [3.05, 3.63) is 28.2 Å². The summed E-state index contributed by atoms with van der Waals surface area (Å²) in [5.74, 6) is 1.28. The fourth-order valence-electron chi connectivity index (χ4n) is 3.15. The minimum absolute atomic E-state index is 0.211. The number of carbonyl (C=O) groups is 1. The van der Waals surface area contributed by atoms with Crippen molar-refractivity contribution in [2.75, 3.05) is 26.2 Å². The molecule has 6 heteroatoms. The van der Waals surface area contributed by atoms with E-state index in [2.05, 4.69) is 10.2 Å². The van der Waals surface area contributed by atoms with Gasteiger partial charge in [0.1, 0.15) is 11.9 Å². The van der Waals surface area contributed by atoms with Gasteiger partial charge in [0.15, 0.2) is 0 Å². The maximum absolute atomic E-state index is 11.8. The van der Waals surface area contributed by atoms with Gasteiger partial charge in [-0.1, -0.05) is 29.6 Å². The molecule has 1 aromatic rings. The highest BCUT2D eigenvalue weighted by atomic mass is 35.5. The maximum atomic E-state index is 11.8. The topological polar surface area (TPSA) is 41.6 Å². The van der Waals surface area contributed by atoms with Gasteiger partial charge in [-0.25, -0.2) is 0 Å². The van der Waals surface area contributed by atoms with E-state index in [1.165, 1.54) is 6.42 Å². The minimum Gasteiger partial charge on any atom is -0.490 e. The Morgan fingerprint density at radius 1 is 1.17 bits per heavy atom. The van der Waals surface area contributed by atoms with Crippen molar-refractivity contribution in [3.8, 4) is 5.75 Å². The summed E-state index contributed by atoms with van der Waals surface area (Å²) in [6, 6.07) is 5.39. The van der Waals surface area contributed by atoms with E-state index in [9.17, 15) is 4.79 Å². The molecule has 1 saturated heterocycles. The number of amides is 1. The number of nitrogens with zero attached hydrogens (tertiary/aromatic N) is 1. The fraction of sp³-hybridized carbons (Fsp3) is 0.611. The van der Waals surface area contributed by atoms with E-state index in [-0.39, 0.29) is 17.9 Å². The number of hydrogen-bond donors (Lipinski definition) is 1. The lowest BCUT2D eigenvalue weighted by molar-refractivity contribution is -0.127. The van der Waals surface area contributed by atoms with Crippen LogP contribution >= 0.6 is 23.2 Å². The number of halogens is 2. The summed E-state index contributed by atoms with van der Waals surface area (Å²) in [5, 5.41) is 4.12. The lowest BCUT2D eigenvalue weighted by Gasteiger charge is -2.32. The standard InChI is InChI=1S/C18H24Cl2N2O2/c19-16-5-4-15(12-17(16)20)24-14-6-9-22(10-7-14)11-8-21-18(23)13-2-1-3-13/h4-5,12-14H,1-3,6-11H2,(H,21,23). The molecular formula is C18H24Cl2N2O2. The Morgan fingerprint density at radius 2 is 1.92 bits per heavy atom. The van der Waals surface area contributed by atoms with Crippen LogP contribution in [0.5, 0.6) is 5.75 Å². The van der Waals surface area contributed by atoms with Crippen molar-refractivity contribution in [3.63, 3.8) is 0 Å². The third kappa shape index (κ3) is 4.78. The van der Waals surface area contributed by atoms with Gasteiger partial charge in [-0.05, 0) is 37.8 Å². The molecule has 0 atom stereocenters. The van der Waals surface area contributed by atoms with Crippen molar-refractivity contribution < 1.29 is 9.53 Å². The second kappa shape index (κ2) is 8.41. The average molecular weight is 371 g/mol. The Hall–Kier alpha value is -0.970. The van der Waals surface area contributed by atoms with E-state index in [4.69, 9.17) is 27.9 Å². The summed E-state index contributed by atoms with van der Waals surface area (Å²) in [6.45, 7) is 3.64. The molecule has 1 heterocycles. The van der Waals surface area contributed by atoms with E-state index in [1.807, 2.05) is 6.07 Å². The number of hydrogen-bond acceptors (Lipinski definition) is 3. The summed E-state index contributed by atoms with van der Waals surface area (Å²) in [7, 11) is 0. The Morgan fingerprint density at radius 3 is 2.54 bits per heavy atom. The van der Waals surface area contributed by atoms with Crippen LogP contribution in [0.15, 0.2) is 18.2 Å². The molecule has 1 N–H and O–H groups in total. The first-order valence-electron chi connectivity index (χ1n) is 8.73. The van der Waals surface area contributed by atoms with Gasteiger partial charge >= 0.3 is 0 Å². The molecule has 24 heavy (non-hydrogen) atoms. The quantitative estimate of drug-likeness (QED) is 0.828. The molecule has 0 spiro atoms. The zero-order valence-corrected chi connectivity index (χ0v) is 15.3. The van der Waals surface area contributed by atoms with Crippen LogP contribution in [0.25, 0.3) is 0 Å². The highest BCUT2D eigenvalue weighted by molar-refractivity contribution is 6.42. The summed E-state index contributed by atoms with van der Waals surface area (Å²) in [5.41, 5.74) is 0. The molecule has 1 saturated carbocycles. The van der Waals surface area contributed by atoms with Crippen LogP contribution in [0.3, 0.4) is 0 Å². The van der Waals surface area contributed by atoms with Gasteiger partial charge in [0.2, 0.25) is 5.91 Å². The van der Waals surface area contributed by atoms with Crippen LogP contribution in [-0.2, 0) is 4.79 Å². The van der Waals surface area contributed by atoms with Crippen LogP contribution in [0.1, 0.15) is 32.1 Å². The van der Waals surface area contributed by atoms with Crippen molar-refractivity contribution >= 4 is 29.1 Å². The summed E-state index contributed by atoms with van der Waals surface area (Å²) >= 11 is 11.9. The number of rotatable bonds is 6. The molecule has 2 fully saturated rings. The SMILES string of the molecule is O=C(NCCN1CCC(Oc2ccc(Cl)c(Cl)c2)CC1)C1CCC1. The first-order chi connectivity index (χ1) is 11.6. The summed E-state index contributed by atoms with van der Waals surface area (Å²) in [4.78, 5) is 14.2. The van der Waals surface area contributed by atoms with Crippen LogP contribution in [0.4, 0.5) is 0 Å². The maximum Gasteiger partial charge on any atom is 0.223 e. The van der Waals surface area contributed by atoms with Crippen LogP contribution < -0.4 is 10.1 Å². The van der Waals surface area contributed by atoms with Gasteiger partial charge in [-0.2, -0.15) is 0 Å². The normalized spacial score (nSPS) is 19.8. The number of carbonyl (C=O) groups excluding carboxylic acids is 1. The molecule has 0 radical (unpaired) electrons. The van der Waals surface area contributed by atoms with E-state index in [1.54, 1.807) is 12.1 Å². The number of nitrogens with one attached hydrogen (secondary N) is 1. The molecule has 1 aromatic carbocycles. The van der Waals surface area contributed by atoms with Crippen LogP contribution in [-0.4, -0.2) is 43.1 Å². The van der Waals surface area contributed by atoms with E-state index >= 15 is 0 Å². The third-order valence-electron chi connectivity index (χ3n) is 4.93. The Labute approximate surface area is 153 Å². The van der Waals surface area contributed by atoms with Gasteiger partial charge in [0, 0.05) is 38.2 Å². The highest BCUT2D eigenvalue weighted by Gasteiger charge is 2.25.